The molecule has 1 unspecified atom stereocenters. The second kappa shape index (κ2) is 4.85. The molecular formula is C11H18N4O2. The fourth-order valence-electron chi connectivity index (χ4n) is 2.09. The highest BCUT2D eigenvalue weighted by molar-refractivity contribution is 5.05. The van der Waals surface area contributed by atoms with Crippen LogP contribution in [0.15, 0.2) is 15.8 Å². The molecule has 1 aliphatic heterocycles. The maximum absolute atomic E-state index is 11.8. The fourth-order valence-corrected chi connectivity index (χ4v) is 2.09. The summed E-state index contributed by atoms with van der Waals surface area (Å²) in [5.41, 5.74) is 0.120. The van der Waals surface area contributed by atoms with E-state index in [0.717, 1.165) is 24.1 Å². The second-order valence-electron chi connectivity index (χ2n) is 4.48. The maximum Gasteiger partial charge on any atom is 0.330 e. The molecule has 6 nitrogen and oxygen atoms in total. The van der Waals surface area contributed by atoms with E-state index < -0.39 is 0 Å². The molecule has 17 heavy (non-hydrogen) atoms. The molecule has 2 N–H and O–H groups in total. The van der Waals surface area contributed by atoms with E-state index in [4.69, 9.17) is 0 Å². The van der Waals surface area contributed by atoms with E-state index in [1.165, 1.54) is 11.6 Å². The monoisotopic (exact) mass is 238 g/mol. The summed E-state index contributed by atoms with van der Waals surface area (Å²) in [4.78, 5) is 23.3. The molecular weight excluding hydrogens is 220 g/mol. The first-order valence-electron chi connectivity index (χ1n) is 5.79. The maximum atomic E-state index is 11.8. The van der Waals surface area contributed by atoms with Gasteiger partial charge in [-0.2, -0.15) is 0 Å². The molecule has 0 aliphatic carbocycles. The normalized spacial score (nSPS) is 19.8. The van der Waals surface area contributed by atoms with Crippen LogP contribution in [0, 0.1) is 0 Å². The van der Waals surface area contributed by atoms with Gasteiger partial charge < -0.3 is 15.2 Å². The van der Waals surface area contributed by atoms with E-state index in [1.807, 2.05) is 0 Å². The largest absolute Gasteiger partial charge is 0.330 e. The Labute approximate surface area is 99.3 Å². The van der Waals surface area contributed by atoms with Crippen molar-refractivity contribution in [3.63, 3.8) is 0 Å². The fraction of sp³-hybridized carbons (Fsp3) is 0.636. The molecule has 1 saturated heterocycles. The van der Waals surface area contributed by atoms with Gasteiger partial charge in [0, 0.05) is 45.0 Å². The molecule has 1 fully saturated rings. The lowest BCUT2D eigenvalue weighted by Crippen LogP contribution is -2.40. The molecule has 2 rings (SSSR count). The Hall–Kier alpha value is -1.40. The molecule has 94 valence electrons. The van der Waals surface area contributed by atoms with Crippen molar-refractivity contribution in [3.8, 4) is 0 Å². The zero-order valence-corrected chi connectivity index (χ0v) is 10.2. The van der Waals surface area contributed by atoms with Crippen molar-refractivity contribution in [3.05, 3.63) is 32.6 Å². The highest BCUT2D eigenvalue weighted by atomic mass is 16.2. The first-order chi connectivity index (χ1) is 8.09. The molecule has 2 heterocycles. The minimum Gasteiger partial charge on any atom is -0.315 e. The summed E-state index contributed by atoms with van der Waals surface area (Å²) in [6.45, 7) is 2.46. The van der Waals surface area contributed by atoms with Crippen LogP contribution >= 0.6 is 0 Å². The molecule has 0 bridgehead atoms. The van der Waals surface area contributed by atoms with Crippen molar-refractivity contribution in [2.45, 2.75) is 19.0 Å². The van der Waals surface area contributed by atoms with E-state index in [2.05, 4.69) is 10.6 Å². The third-order valence-electron chi connectivity index (χ3n) is 3.16. The quantitative estimate of drug-likeness (QED) is 0.675. The minimum atomic E-state index is -0.290. The van der Waals surface area contributed by atoms with Crippen LogP contribution in [-0.4, -0.2) is 28.3 Å². The lowest BCUT2D eigenvalue weighted by molar-refractivity contribution is 0.536. The summed E-state index contributed by atoms with van der Waals surface area (Å²) in [6, 6.07) is 0.414. The van der Waals surface area contributed by atoms with Crippen LogP contribution in [0.5, 0.6) is 0 Å². The Morgan fingerprint density at radius 2 is 2.24 bits per heavy atom. The van der Waals surface area contributed by atoms with Gasteiger partial charge in [0.05, 0.1) is 0 Å². The second-order valence-corrected chi connectivity index (χ2v) is 4.48. The zero-order valence-electron chi connectivity index (χ0n) is 10.2. The van der Waals surface area contributed by atoms with E-state index in [1.54, 1.807) is 13.2 Å². The highest BCUT2D eigenvalue weighted by Crippen LogP contribution is 1.98. The summed E-state index contributed by atoms with van der Waals surface area (Å²) >= 11 is 0. The Morgan fingerprint density at radius 3 is 2.88 bits per heavy atom. The van der Waals surface area contributed by atoms with Gasteiger partial charge in [-0.25, -0.2) is 4.79 Å². The first kappa shape index (κ1) is 12.1. The number of aryl methyl sites for hydroxylation is 1. The average Bonchev–Trinajstić information content (AvgIpc) is 2.82. The summed E-state index contributed by atoms with van der Waals surface area (Å²) in [7, 11) is 3.16. The van der Waals surface area contributed by atoms with Crippen LogP contribution in [-0.2, 0) is 20.6 Å². The predicted octanol–water partition coefficient (Wildman–Crippen LogP) is -1.46. The van der Waals surface area contributed by atoms with Gasteiger partial charge in [-0.15, -0.1) is 0 Å². The molecule has 0 amide bonds. The van der Waals surface area contributed by atoms with E-state index in [-0.39, 0.29) is 11.2 Å². The van der Waals surface area contributed by atoms with Gasteiger partial charge in [0.25, 0.3) is 5.56 Å². The van der Waals surface area contributed by atoms with Crippen molar-refractivity contribution < 1.29 is 0 Å². The van der Waals surface area contributed by atoms with Crippen LogP contribution in [0.2, 0.25) is 0 Å². The van der Waals surface area contributed by atoms with E-state index >= 15 is 0 Å². The molecule has 1 aromatic heterocycles. The molecule has 1 aromatic rings. The number of nitrogens with one attached hydrogen (secondary N) is 2. The number of hydrogen-bond acceptors (Lipinski definition) is 4. The van der Waals surface area contributed by atoms with Gasteiger partial charge in [0.15, 0.2) is 0 Å². The van der Waals surface area contributed by atoms with Crippen molar-refractivity contribution >= 4 is 0 Å². The predicted molar refractivity (Wildman–Crippen MR) is 65.0 cm³/mol. The number of aromatic nitrogens is 2. The smallest absolute Gasteiger partial charge is 0.315 e. The molecule has 0 radical (unpaired) electrons. The first-order valence-corrected chi connectivity index (χ1v) is 5.79. The lowest BCUT2D eigenvalue weighted by Gasteiger charge is -2.12. The molecule has 0 aromatic carbocycles. The standard InChI is InChI=1S/C11H18N4O2/c1-14-7-8(10(16)15(2)11(14)17)5-13-9-3-4-12-6-9/h7,9,12-13H,3-6H2,1-2H3. The van der Waals surface area contributed by atoms with Gasteiger partial charge in [-0.3, -0.25) is 9.36 Å². The molecule has 0 spiro atoms. The highest BCUT2D eigenvalue weighted by Gasteiger charge is 2.14. The van der Waals surface area contributed by atoms with Crippen molar-refractivity contribution in [1.82, 2.24) is 19.8 Å². The summed E-state index contributed by atoms with van der Waals surface area (Å²) in [6.07, 6.45) is 2.69. The average molecular weight is 238 g/mol. The third-order valence-corrected chi connectivity index (χ3v) is 3.16. The number of hydrogen-bond donors (Lipinski definition) is 2. The van der Waals surface area contributed by atoms with Crippen LogP contribution in [0.1, 0.15) is 12.0 Å². The van der Waals surface area contributed by atoms with Crippen molar-refractivity contribution in [1.29, 1.82) is 0 Å². The van der Waals surface area contributed by atoms with Gasteiger partial charge in [-0.05, 0) is 13.0 Å². The topological polar surface area (TPSA) is 68.1 Å². The number of nitrogens with zero attached hydrogens (tertiary/aromatic N) is 2. The SMILES string of the molecule is Cn1cc(CNC2CCNC2)c(=O)n(C)c1=O. The third kappa shape index (κ3) is 2.48. The van der Waals surface area contributed by atoms with Gasteiger partial charge in [0.2, 0.25) is 0 Å². The Bertz CT molecular complexity index is 511. The minimum absolute atomic E-state index is 0.216. The summed E-state index contributed by atoms with van der Waals surface area (Å²) < 4.78 is 2.58. The van der Waals surface area contributed by atoms with Crippen LogP contribution < -0.4 is 21.9 Å². The van der Waals surface area contributed by atoms with Crippen molar-refractivity contribution in [2.75, 3.05) is 13.1 Å². The van der Waals surface area contributed by atoms with E-state index in [0.29, 0.717) is 18.2 Å². The summed E-state index contributed by atoms with van der Waals surface area (Å²) in [5, 5.41) is 6.58. The van der Waals surface area contributed by atoms with Crippen LogP contribution in [0.4, 0.5) is 0 Å². The molecule has 1 atom stereocenters. The van der Waals surface area contributed by atoms with Gasteiger partial charge >= 0.3 is 5.69 Å². The zero-order chi connectivity index (χ0) is 12.4. The van der Waals surface area contributed by atoms with Crippen molar-refractivity contribution in [2.24, 2.45) is 14.1 Å². The Morgan fingerprint density at radius 1 is 1.47 bits per heavy atom. The lowest BCUT2D eigenvalue weighted by atomic mass is 10.2. The Kier molecular flexibility index (Phi) is 3.44. The van der Waals surface area contributed by atoms with E-state index in [9.17, 15) is 9.59 Å². The van der Waals surface area contributed by atoms with Gasteiger partial charge in [0.1, 0.15) is 0 Å². The molecule has 6 heteroatoms. The van der Waals surface area contributed by atoms with Crippen LogP contribution in [0.3, 0.4) is 0 Å². The van der Waals surface area contributed by atoms with Crippen LogP contribution in [0.25, 0.3) is 0 Å². The molecule has 0 saturated carbocycles. The van der Waals surface area contributed by atoms with Gasteiger partial charge in [-0.1, -0.05) is 0 Å². The summed E-state index contributed by atoms with van der Waals surface area (Å²) in [5.74, 6) is 0. The Balaban J connectivity index is 2.15. The number of rotatable bonds is 3. The molecule has 1 aliphatic rings.